The van der Waals surface area contributed by atoms with E-state index in [-0.39, 0.29) is 44.4 Å². The molecule has 0 aliphatic carbocycles. The van der Waals surface area contributed by atoms with Crippen molar-refractivity contribution in [2.75, 3.05) is 38.2 Å². The summed E-state index contributed by atoms with van der Waals surface area (Å²) >= 11 is 0. The highest BCUT2D eigenvalue weighted by Gasteiger charge is 2.43. The number of imidazole rings is 1. The third-order valence-corrected chi connectivity index (χ3v) is 6.28. The van der Waals surface area contributed by atoms with Gasteiger partial charge in [0.15, 0.2) is 5.69 Å². The van der Waals surface area contributed by atoms with E-state index in [1.807, 2.05) is 0 Å². The first kappa shape index (κ1) is 21.2. The average molecular weight is 419 g/mol. The van der Waals surface area contributed by atoms with Gasteiger partial charge in [-0.15, -0.1) is 0 Å². The lowest BCUT2D eigenvalue weighted by Gasteiger charge is -2.23. The number of fused-ring (bicyclic) bond motifs is 1. The molecule has 0 aromatic carbocycles. The highest BCUT2D eigenvalue weighted by atomic mass is 31.2. The Labute approximate surface area is 162 Å². The number of anilines is 1. The number of aliphatic hydroxyl groups excluding tert-OH is 2. The van der Waals surface area contributed by atoms with Crippen LogP contribution in [-0.4, -0.2) is 76.8 Å². The molecule has 28 heavy (non-hydrogen) atoms. The normalized spacial score (nSPS) is 27.4. The fourth-order valence-corrected chi connectivity index (χ4v) is 4.57. The van der Waals surface area contributed by atoms with Crippen LogP contribution in [-0.2, 0) is 18.3 Å². The number of hydrogen-bond acceptors (Lipinski definition) is 10. The first-order valence-corrected chi connectivity index (χ1v) is 10.8. The van der Waals surface area contributed by atoms with Gasteiger partial charge in [-0.05, 0) is 13.8 Å². The van der Waals surface area contributed by atoms with Gasteiger partial charge < -0.3 is 34.6 Å². The van der Waals surface area contributed by atoms with Gasteiger partial charge in [0.1, 0.15) is 30.5 Å². The van der Waals surface area contributed by atoms with Gasteiger partial charge in [-0.1, -0.05) is 0 Å². The molecule has 1 amide bonds. The summed E-state index contributed by atoms with van der Waals surface area (Å²) < 4.78 is 29.7. The highest BCUT2D eigenvalue weighted by molar-refractivity contribution is 7.53. The maximum Gasteiger partial charge on any atom is 0.356 e. The quantitative estimate of drug-likeness (QED) is 0.328. The topological polar surface area (TPSA) is 156 Å². The molecule has 3 heterocycles. The largest absolute Gasteiger partial charge is 0.389 e. The lowest BCUT2D eigenvalue weighted by molar-refractivity contribution is 0.00474. The summed E-state index contributed by atoms with van der Waals surface area (Å²) in [5.74, 6) is 0.134. The first-order valence-electron chi connectivity index (χ1n) is 9.07. The second kappa shape index (κ2) is 8.87. The third-order valence-electron chi connectivity index (χ3n) is 4.48. The molecule has 2 aliphatic rings. The zero-order valence-electron chi connectivity index (χ0n) is 15.7. The summed E-state index contributed by atoms with van der Waals surface area (Å²) in [5, 5.41) is 29.5. The Hall–Kier alpha value is -1.53. The predicted molar refractivity (Wildman–Crippen MR) is 97.8 cm³/mol. The molecule has 1 fully saturated rings. The molecule has 12 nitrogen and oxygen atoms in total. The van der Waals surface area contributed by atoms with Crippen LogP contribution in [0.2, 0.25) is 0 Å². The Morgan fingerprint density at radius 1 is 1.25 bits per heavy atom. The minimum atomic E-state index is -3.36. The van der Waals surface area contributed by atoms with E-state index in [1.165, 1.54) is 6.33 Å². The number of carbonyl (C=O) groups excluding carboxylic acids is 1. The number of rotatable bonds is 9. The molecular weight excluding hydrogens is 393 g/mol. The van der Waals surface area contributed by atoms with Crippen molar-refractivity contribution in [2.45, 2.75) is 38.3 Å². The summed E-state index contributed by atoms with van der Waals surface area (Å²) in [4.78, 5) is 15.9. The van der Waals surface area contributed by atoms with Crippen molar-refractivity contribution in [1.82, 2.24) is 20.2 Å². The lowest BCUT2D eigenvalue weighted by Crippen LogP contribution is -2.38. The maximum atomic E-state index is 12.4. The minimum Gasteiger partial charge on any atom is -0.389 e. The standard InChI is InChI=1S/C15H26N5O7P/c1-3-26-28(24,27-4-2)8-25-5-9-11(21)12(22)14(19-9)20-7-18-10-13(20)16-6-17-15(10)23/h7,9,11-12,14,16,19,21-22H,3-6,8H2,1-2H3,(H,17,23)/t9-,11-,12-,14+/m1/s1. The molecular formula is C15H26N5O7P. The van der Waals surface area contributed by atoms with E-state index in [0.717, 1.165) is 0 Å². The lowest BCUT2D eigenvalue weighted by atomic mass is 10.1. The monoisotopic (exact) mass is 419 g/mol. The van der Waals surface area contributed by atoms with E-state index in [9.17, 15) is 19.6 Å². The predicted octanol–water partition coefficient (Wildman–Crippen LogP) is -0.572. The Balaban J connectivity index is 1.63. The second-order valence-electron chi connectivity index (χ2n) is 6.35. The molecule has 0 spiro atoms. The van der Waals surface area contributed by atoms with Crippen LogP contribution in [0.4, 0.5) is 5.82 Å². The molecule has 0 unspecified atom stereocenters. The summed E-state index contributed by atoms with van der Waals surface area (Å²) in [6, 6.07) is -0.632. The van der Waals surface area contributed by atoms with Crippen LogP contribution in [0.3, 0.4) is 0 Å². The number of nitrogens with zero attached hydrogens (tertiary/aromatic N) is 2. The van der Waals surface area contributed by atoms with Crippen molar-refractivity contribution >= 4 is 19.3 Å². The SMILES string of the molecule is CCOP(=O)(COC[C@H]1N[C@@H](n2cnc3c2NCNC3=O)[C@H](O)[C@@H]1O)OCC. The number of ether oxygens (including phenoxy) is 1. The molecule has 158 valence electrons. The third kappa shape index (κ3) is 4.23. The maximum absolute atomic E-state index is 12.4. The van der Waals surface area contributed by atoms with Crippen molar-refractivity contribution in [3.8, 4) is 0 Å². The minimum absolute atomic E-state index is 0.0241. The fourth-order valence-electron chi connectivity index (χ4n) is 3.23. The van der Waals surface area contributed by atoms with E-state index in [4.69, 9.17) is 13.8 Å². The van der Waals surface area contributed by atoms with Crippen LogP contribution in [0.15, 0.2) is 6.33 Å². The molecule has 1 saturated heterocycles. The van der Waals surface area contributed by atoms with Gasteiger partial charge in [0, 0.05) is 0 Å². The summed E-state index contributed by atoms with van der Waals surface area (Å²) in [6.45, 7) is 4.06. The van der Waals surface area contributed by atoms with Crippen molar-refractivity contribution in [1.29, 1.82) is 0 Å². The number of nitrogens with one attached hydrogen (secondary N) is 3. The Bertz CT molecular complexity index is 734. The van der Waals surface area contributed by atoms with E-state index < -0.39 is 32.0 Å². The molecule has 4 atom stereocenters. The Kier molecular flexibility index (Phi) is 6.71. The molecule has 2 aliphatic heterocycles. The molecule has 5 N–H and O–H groups in total. The number of amides is 1. The van der Waals surface area contributed by atoms with Crippen molar-refractivity contribution in [3.63, 3.8) is 0 Å². The van der Waals surface area contributed by atoms with Crippen molar-refractivity contribution in [3.05, 3.63) is 12.0 Å². The summed E-state index contributed by atoms with van der Waals surface area (Å²) in [7, 11) is -3.36. The van der Waals surface area contributed by atoms with Crippen LogP contribution in [0.1, 0.15) is 30.5 Å². The van der Waals surface area contributed by atoms with E-state index in [2.05, 4.69) is 20.9 Å². The van der Waals surface area contributed by atoms with Crippen molar-refractivity contribution < 1.29 is 33.4 Å². The summed E-state index contributed by atoms with van der Waals surface area (Å²) in [5.41, 5.74) is 0.212. The van der Waals surface area contributed by atoms with Gasteiger partial charge in [-0.2, -0.15) is 0 Å². The molecule has 0 saturated carbocycles. The van der Waals surface area contributed by atoms with Gasteiger partial charge in [-0.3, -0.25) is 19.2 Å². The average Bonchev–Trinajstić information content (AvgIpc) is 3.19. The zero-order valence-corrected chi connectivity index (χ0v) is 16.6. The first-order chi connectivity index (χ1) is 13.4. The van der Waals surface area contributed by atoms with E-state index in [0.29, 0.717) is 5.82 Å². The molecule has 1 aromatic heterocycles. The summed E-state index contributed by atoms with van der Waals surface area (Å²) in [6.07, 6.45) is -1.87. The highest BCUT2D eigenvalue weighted by Crippen LogP contribution is 2.47. The number of aliphatic hydroxyl groups is 2. The number of aromatic nitrogens is 2. The molecule has 0 bridgehead atoms. The van der Waals surface area contributed by atoms with E-state index >= 15 is 0 Å². The van der Waals surface area contributed by atoms with Crippen LogP contribution in [0, 0.1) is 0 Å². The smallest absolute Gasteiger partial charge is 0.356 e. The van der Waals surface area contributed by atoms with Crippen LogP contribution in [0.5, 0.6) is 0 Å². The van der Waals surface area contributed by atoms with E-state index in [1.54, 1.807) is 18.4 Å². The van der Waals surface area contributed by atoms with Gasteiger partial charge in [0.2, 0.25) is 0 Å². The Morgan fingerprint density at radius 2 is 1.96 bits per heavy atom. The number of hydrogen-bond donors (Lipinski definition) is 5. The van der Waals surface area contributed by atoms with Gasteiger partial charge in [-0.25, -0.2) is 4.98 Å². The number of carbonyl (C=O) groups is 1. The molecule has 13 heteroatoms. The molecule has 1 aromatic rings. The van der Waals surface area contributed by atoms with Gasteiger partial charge >= 0.3 is 7.60 Å². The zero-order chi connectivity index (χ0) is 20.3. The molecule has 0 radical (unpaired) electrons. The second-order valence-corrected chi connectivity index (χ2v) is 8.35. The Morgan fingerprint density at radius 3 is 2.64 bits per heavy atom. The van der Waals surface area contributed by atoms with Crippen molar-refractivity contribution in [2.24, 2.45) is 0 Å². The molecule has 3 rings (SSSR count). The van der Waals surface area contributed by atoms with Crippen LogP contribution >= 0.6 is 7.60 Å². The van der Waals surface area contributed by atoms with Crippen LogP contribution < -0.4 is 16.0 Å². The van der Waals surface area contributed by atoms with Gasteiger partial charge in [0.25, 0.3) is 5.91 Å². The fraction of sp³-hybridized carbons (Fsp3) is 0.733. The van der Waals surface area contributed by atoms with Gasteiger partial charge in [0.05, 0.1) is 38.9 Å². The van der Waals surface area contributed by atoms with Crippen LogP contribution in [0.25, 0.3) is 0 Å².